The number of amides is 1. The normalized spacial score (nSPS) is 12.2. The zero-order valence-corrected chi connectivity index (χ0v) is 12.3. The van der Waals surface area contributed by atoms with Crippen LogP contribution in [0.5, 0.6) is 0 Å². The fraction of sp³-hybridized carbons (Fsp3) is 0.429. The molecule has 0 fully saturated rings. The Morgan fingerprint density at radius 3 is 2.55 bits per heavy atom. The summed E-state index contributed by atoms with van der Waals surface area (Å²) >= 11 is 5.88. The summed E-state index contributed by atoms with van der Waals surface area (Å²) in [6, 6.07) is 4.65. The van der Waals surface area contributed by atoms with E-state index in [1.54, 1.807) is 12.1 Å². The number of benzene rings is 1. The Balaban J connectivity index is 2.84. The minimum atomic E-state index is -0.867. The van der Waals surface area contributed by atoms with Gasteiger partial charge in [-0.3, -0.25) is 9.59 Å². The van der Waals surface area contributed by atoms with Gasteiger partial charge in [0.25, 0.3) is 5.91 Å². The molecule has 0 aliphatic carbocycles. The molecule has 110 valence electrons. The van der Waals surface area contributed by atoms with Crippen LogP contribution < -0.4 is 11.1 Å². The van der Waals surface area contributed by atoms with Crippen LogP contribution >= 0.6 is 11.6 Å². The standard InChI is InChI=1S/C14H19ClN2O3/c1-8(2)5-9(14(19)20)7-17-12-6-10(15)3-4-11(12)13(16)18/h3-4,6,8-9,17H,5,7H2,1-2H3,(H2,16,18)(H,19,20). The van der Waals surface area contributed by atoms with Crippen molar-refractivity contribution in [3.8, 4) is 0 Å². The molecule has 0 saturated heterocycles. The second-order valence-electron chi connectivity index (χ2n) is 5.10. The largest absolute Gasteiger partial charge is 0.481 e. The lowest BCUT2D eigenvalue weighted by Crippen LogP contribution is -2.25. The number of carboxylic acid groups (broad SMARTS) is 1. The maximum atomic E-state index is 11.3. The van der Waals surface area contributed by atoms with Gasteiger partial charge >= 0.3 is 5.97 Å². The molecule has 0 saturated carbocycles. The third-order valence-corrected chi connectivity index (χ3v) is 3.13. The summed E-state index contributed by atoms with van der Waals surface area (Å²) in [5.41, 5.74) is 6.03. The van der Waals surface area contributed by atoms with Crippen molar-refractivity contribution in [3.63, 3.8) is 0 Å². The number of rotatable bonds is 7. The van der Waals surface area contributed by atoms with Gasteiger partial charge < -0.3 is 16.2 Å². The summed E-state index contributed by atoms with van der Waals surface area (Å²) in [5, 5.41) is 12.6. The molecule has 0 spiro atoms. The summed E-state index contributed by atoms with van der Waals surface area (Å²) < 4.78 is 0. The van der Waals surface area contributed by atoms with E-state index < -0.39 is 17.8 Å². The van der Waals surface area contributed by atoms with E-state index in [0.717, 1.165) is 0 Å². The van der Waals surface area contributed by atoms with E-state index in [9.17, 15) is 14.7 Å². The number of halogens is 1. The monoisotopic (exact) mass is 298 g/mol. The molecule has 1 atom stereocenters. The van der Waals surface area contributed by atoms with Crippen LogP contribution in [0.3, 0.4) is 0 Å². The van der Waals surface area contributed by atoms with E-state index in [1.165, 1.54) is 6.07 Å². The molecule has 20 heavy (non-hydrogen) atoms. The predicted octanol–water partition coefficient (Wildman–Crippen LogP) is 2.60. The summed E-state index contributed by atoms with van der Waals surface area (Å²) in [7, 11) is 0. The Kier molecular flexibility index (Phi) is 5.82. The smallest absolute Gasteiger partial charge is 0.308 e. The highest BCUT2D eigenvalue weighted by molar-refractivity contribution is 6.31. The van der Waals surface area contributed by atoms with Crippen molar-refractivity contribution in [2.75, 3.05) is 11.9 Å². The van der Waals surface area contributed by atoms with Crippen LogP contribution in [0.2, 0.25) is 5.02 Å². The summed E-state index contributed by atoms with van der Waals surface area (Å²) in [5.74, 6) is -1.71. The molecule has 0 aliphatic heterocycles. The molecular weight excluding hydrogens is 280 g/mol. The zero-order chi connectivity index (χ0) is 15.3. The van der Waals surface area contributed by atoms with Gasteiger partial charge in [0, 0.05) is 17.3 Å². The van der Waals surface area contributed by atoms with Crippen molar-refractivity contribution in [1.82, 2.24) is 0 Å². The van der Waals surface area contributed by atoms with Gasteiger partial charge in [-0.1, -0.05) is 25.4 Å². The number of aliphatic carboxylic acids is 1. The van der Waals surface area contributed by atoms with Crippen LogP contribution in [-0.2, 0) is 4.79 Å². The van der Waals surface area contributed by atoms with E-state index in [4.69, 9.17) is 17.3 Å². The van der Waals surface area contributed by atoms with Gasteiger partial charge in [-0.05, 0) is 30.5 Å². The maximum absolute atomic E-state index is 11.3. The van der Waals surface area contributed by atoms with Crippen molar-refractivity contribution < 1.29 is 14.7 Å². The van der Waals surface area contributed by atoms with Crippen molar-refractivity contribution >= 4 is 29.2 Å². The summed E-state index contributed by atoms with van der Waals surface area (Å²) in [6.45, 7) is 4.14. The Morgan fingerprint density at radius 2 is 2.05 bits per heavy atom. The molecule has 4 N–H and O–H groups in total. The Morgan fingerprint density at radius 1 is 1.40 bits per heavy atom. The average molecular weight is 299 g/mol. The lowest BCUT2D eigenvalue weighted by molar-refractivity contribution is -0.141. The second kappa shape index (κ2) is 7.14. The van der Waals surface area contributed by atoms with Crippen LogP contribution in [0, 0.1) is 11.8 Å². The number of anilines is 1. The molecule has 0 heterocycles. The molecule has 1 rings (SSSR count). The number of primary amides is 1. The van der Waals surface area contributed by atoms with Crippen molar-refractivity contribution in [3.05, 3.63) is 28.8 Å². The van der Waals surface area contributed by atoms with Crippen LogP contribution in [0.1, 0.15) is 30.6 Å². The SMILES string of the molecule is CC(C)CC(CNc1cc(Cl)ccc1C(N)=O)C(=O)O. The molecule has 1 aromatic carbocycles. The first-order valence-corrected chi connectivity index (χ1v) is 6.75. The van der Waals surface area contributed by atoms with Gasteiger partial charge in [0.15, 0.2) is 0 Å². The predicted molar refractivity (Wildman–Crippen MR) is 79.0 cm³/mol. The first-order chi connectivity index (χ1) is 9.31. The molecule has 0 radical (unpaired) electrons. The summed E-state index contributed by atoms with van der Waals surface area (Å²) in [6.07, 6.45) is 0.550. The lowest BCUT2D eigenvalue weighted by Gasteiger charge is -2.17. The highest BCUT2D eigenvalue weighted by Crippen LogP contribution is 2.22. The van der Waals surface area contributed by atoms with E-state index in [1.807, 2.05) is 13.8 Å². The minimum absolute atomic E-state index is 0.216. The maximum Gasteiger partial charge on any atom is 0.308 e. The van der Waals surface area contributed by atoms with Gasteiger partial charge in [-0.2, -0.15) is 0 Å². The quantitative estimate of drug-likeness (QED) is 0.721. The molecule has 0 bridgehead atoms. The molecular formula is C14H19ClN2O3. The van der Waals surface area contributed by atoms with Crippen LogP contribution in [0.4, 0.5) is 5.69 Å². The number of nitrogens with one attached hydrogen (secondary N) is 1. The third kappa shape index (κ3) is 4.74. The second-order valence-corrected chi connectivity index (χ2v) is 5.54. The van der Waals surface area contributed by atoms with Crippen LogP contribution in [0.25, 0.3) is 0 Å². The minimum Gasteiger partial charge on any atom is -0.481 e. The average Bonchev–Trinajstić information content (AvgIpc) is 2.33. The summed E-state index contributed by atoms with van der Waals surface area (Å²) in [4.78, 5) is 22.5. The fourth-order valence-electron chi connectivity index (χ4n) is 1.95. The van der Waals surface area contributed by atoms with Crippen molar-refractivity contribution in [2.24, 2.45) is 17.6 Å². The van der Waals surface area contributed by atoms with Gasteiger partial charge in [0.05, 0.1) is 11.5 Å². The number of carboxylic acids is 1. The van der Waals surface area contributed by atoms with Gasteiger partial charge in [-0.15, -0.1) is 0 Å². The van der Waals surface area contributed by atoms with Gasteiger partial charge in [0.1, 0.15) is 0 Å². The van der Waals surface area contributed by atoms with E-state index >= 15 is 0 Å². The molecule has 1 aromatic rings. The number of hydrogen-bond donors (Lipinski definition) is 3. The molecule has 5 nitrogen and oxygen atoms in total. The highest BCUT2D eigenvalue weighted by Gasteiger charge is 2.19. The van der Waals surface area contributed by atoms with Crippen LogP contribution in [0.15, 0.2) is 18.2 Å². The van der Waals surface area contributed by atoms with E-state index in [-0.39, 0.29) is 12.5 Å². The Bertz CT molecular complexity index is 503. The van der Waals surface area contributed by atoms with Crippen LogP contribution in [-0.4, -0.2) is 23.5 Å². The zero-order valence-electron chi connectivity index (χ0n) is 11.5. The lowest BCUT2D eigenvalue weighted by atomic mass is 9.97. The number of nitrogens with two attached hydrogens (primary N) is 1. The fourth-order valence-corrected chi connectivity index (χ4v) is 2.12. The number of carbonyl (C=O) groups excluding carboxylic acids is 1. The number of hydrogen-bond acceptors (Lipinski definition) is 3. The van der Waals surface area contributed by atoms with E-state index in [2.05, 4.69) is 5.32 Å². The molecule has 0 aromatic heterocycles. The number of carbonyl (C=O) groups is 2. The Labute approximate surface area is 123 Å². The first-order valence-electron chi connectivity index (χ1n) is 6.37. The van der Waals surface area contributed by atoms with Gasteiger partial charge in [-0.25, -0.2) is 0 Å². The van der Waals surface area contributed by atoms with Crippen molar-refractivity contribution in [1.29, 1.82) is 0 Å². The highest BCUT2D eigenvalue weighted by atomic mass is 35.5. The van der Waals surface area contributed by atoms with Crippen molar-refractivity contribution in [2.45, 2.75) is 20.3 Å². The molecule has 1 amide bonds. The Hall–Kier alpha value is -1.75. The molecule has 6 heteroatoms. The molecule has 0 aliphatic rings. The topological polar surface area (TPSA) is 92.4 Å². The molecule has 1 unspecified atom stereocenters. The first kappa shape index (κ1) is 16.3. The van der Waals surface area contributed by atoms with E-state index in [0.29, 0.717) is 22.7 Å². The van der Waals surface area contributed by atoms with Gasteiger partial charge in [0.2, 0.25) is 0 Å². The third-order valence-electron chi connectivity index (χ3n) is 2.89.